The maximum Gasteiger partial charge on any atom is 0.316 e. The first-order valence-electron chi connectivity index (χ1n) is 6.74. The van der Waals surface area contributed by atoms with Crippen LogP contribution in [0.2, 0.25) is 0 Å². The largest absolute Gasteiger partial charge is 0.455 e. The number of nitrogens with one attached hydrogen (secondary N) is 1. The van der Waals surface area contributed by atoms with Crippen molar-refractivity contribution in [3.05, 3.63) is 34.4 Å². The minimum Gasteiger partial charge on any atom is -0.455 e. The zero-order valence-corrected chi connectivity index (χ0v) is 13.2. The summed E-state index contributed by atoms with van der Waals surface area (Å²) in [5.74, 6) is -0.806. The fraction of sp³-hybridized carbons (Fsp3) is 0.429. The lowest BCUT2D eigenvalue weighted by Crippen LogP contribution is -2.35. The summed E-state index contributed by atoms with van der Waals surface area (Å²) < 4.78 is 4.85. The predicted octanol–water partition coefficient (Wildman–Crippen LogP) is 2.14. The van der Waals surface area contributed by atoms with Gasteiger partial charge in [0, 0.05) is 23.1 Å². The van der Waals surface area contributed by atoms with Crippen LogP contribution in [0.5, 0.6) is 0 Å². The molecule has 0 unspecified atom stereocenters. The fourth-order valence-electron chi connectivity index (χ4n) is 1.41. The minimum atomic E-state index is -0.511. The Labute approximate surface area is 132 Å². The van der Waals surface area contributed by atoms with Crippen LogP contribution in [0.3, 0.4) is 0 Å². The number of nitro groups is 1. The maximum absolute atomic E-state index is 11.5. The summed E-state index contributed by atoms with van der Waals surface area (Å²) in [6.07, 6.45) is 0.801. The summed E-state index contributed by atoms with van der Waals surface area (Å²) in [5.41, 5.74) is -0.00589. The first kappa shape index (κ1) is 18.0. The van der Waals surface area contributed by atoms with E-state index in [1.54, 1.807) is 12.1 Å². The van der Waals surface area contributed by atoms with Crippen molar-refractivity contribution in [2.45, 2.75) is 31.2 Å². The monoisotopic (exact) mass is 326 g/mol. The molecule has 22 heavy (non-hydrogen) atoms. The van der Waals surface area contributed by atoms with E-state index in [9.17, 15) is 19.7 Å². The van der Waals surface area contributed by atoms with E-state index in [-0.39, 0.29) is 30.0 Å². The van der Waals surface area contributed by atoms with Crippen molar-refractivity contribution in [2.24, 2.45) is 0 Å². The third-order valence-corrected chi connectivity index (χ3v) is 3.77. The first-order chi connectivity index (χ1) is 10.4. The quantitative estimate of drug-likeness (QED) is 0.340. The third kappa shape index (κ3) is 6.57. The van der Waals surface area contributed by atoms with Gasteiger partial charge >= 0.3 is 5.97 Å². The van der Waals surface area contributed by atoms with Gasteiger partial charge in [-0.05, 0) is 25.5 Å². The minimum absolute atomic E-state index is 0.00589. The molecule has 8 heteroatoms. The number of nitro benzene ring substituents is 1. The van der Waals surface area contributed by atoms with Gasteiger partial charge in [-0.15, -0.1) is 11.8 Å². The Bertz CT molecular complexity index is 533. The second kappa shape index (κ2) is 9.04. The Hall–Kier alpha value is -2.09. The number of thioether (sulfide) groups is 1. The number of benzene rings is 1. The van der Waals surface area contributed by atoms with Gasteiger partial charge in [0.15, 0.2) is 6.61 Å². The molecular weight excluding hydrogens is 308 g/mol. The van der Waals surface area contributed by atoms with Crippen LogP contribution in [-0.4, -0.2) is 35.2 Å². The molecule has 1 aromatic carbocycles. The number of non-ortho nitro benzene ring substituents is 1. The summed E-state index contributed by atoms with van der Waals surface area (Å²) in [7, 11) is 0. The van der Waals surface area contributed by atoms with E-state index in [0.717, 1.165) is 6.42 Å². The van der Waals surface area contributed by atoms with Gasteiger partial charge in [0.05, 0.1) is 10.7 Å². The Balaban J connectivity index is 2.31. The van der Waals surface area contributed by atoms with Crippen LogP contribution in [0.15, 0.2) is 29.2 Å². The van der Waals surface area contributed by atoms with E-state index < -0.39 is 10.9 Å². The molecule has 0 heterocycles. The molecule has 1 aromatic rings. The molecule has 0 fully saturated rings. The van der Waals surface area contributed by atoms with Crippen molar-refractivity contribution in [1.82, 2.24) is 5.32 Å². The lowest BCUT2D eigenvalue weighted by molar-refractivity contribution is -0.384. The number of carbonyl (C=O) groups excluding carboxylic acids is 2. The Morgan fingerprint density at radius 3 is 2.55 bits per heavy atom. The summed E-state index contributed by atoms with van der Waals surface area (Å²) >= 11 is 1.19. The maximum atomic E-state index is 11.5. The number of hydrogen-bond acceptors (Lipinski definition) is 6. The van der Waals surface area contributed by atoms with Gasteiger partial charge in [-0.1, -0.05) is 6.92 Å². The van der Waals surface area contributed by atoms with Crippen molar-refractivity contribution in [2.75, 3.05) is 12.4 Å². The van der Waals surface area contributed by atoms with Gasteiger partial charge in [0.2, 0.25) is 0 Å². The number of amides is 1. The molecular formula is C14H18N2O5S. The summed E-state index contributed by atoms with van der Waals surface area (Å²) in [5, 5.41) is 13.2. The Morgan fingerprint density at radius 1 is 1.36 bits per heavy atom. The highest BCUT2D eigenvalue weighted by molar-refractivity contribution is 8.00. The number of esters is 1. The SMILES string of the molecule is CC[C@@H](C)NC(=O)COC(=O)CSc1ccc([N+](=O)[O-])cc1. The van der Waals surface area contributed by atoms with E-state index in [1.165, 1.54) is 23.9 Å². The molecule has 1 atom stereocenters. The van der Waals surface area contributed by atoms with Crippen molar-refractivity contribution < 1.29 is 19.2 Å². The Morgan fingerprint density at radius 2 is 2.00 bits per heavy atom. The molecule has 0 radical (unpaired) electrons. The predicted molar refractivity (Wildman–Crippen MR) is 82.7 cm³/mol. The lowest BCUT2D eigenvalue weighted by atomic mass is 10.2. The topological polar surface area (TPSA) is 98.5 Å². The van der Waals surface area contributed by atoms with E-state index in [1.807, 2.05) is 13.8 Å². The van der Waals surface area contributed by atoms with Crippen LogP contribution >= 0.6 is 11.8 Å². The smallest absolute Gasteiger partial charge is 0.316 e. The van der Waals surface area contributed by atoms with Gasteiger partial charge in [0.1, 0.15) is 0 Å². The van der Waals surface area contributed by atoms with Gasteiger partial charge in [-0.25, -0.2) is 0 Å². The zero-order valence-electron chi connectivity index (χ0n) is 12.4. The lowest BCUT2D eigenvalue weighted by Gasteiger charge is -2.11. The van der Waals surface area contributed by atoms with Gasteiger partial charge in [-0.3, -0.25) is 19.7 Å². The average Bonchev–Trinajstić information content (AvgIpc) is 2.51. The van der Waals surface area contributed by atoms with Crippen LogP contribution in [-0.2, 0) is 14.3 Å². The van der Waals surface area contributed by atoms with Crippen LogP contribution < -0.4 is 5.32 Å². The van der Waals surface area contributed by atoms with Crippen LogP contribution in [0.25, 0.3) is 0 Å². The average molecular weight is 326 g/mol. The van der Waals surface area contributed by atoms with Crippen molar-refractivity contribution >= 4 is 29.3 Å². The summed E-state index contributed by atoms with van der Waals surface area (Å²) in [6.45, 7) is 3.51. The molecule has 0 saturated carbocycles. The Kier molecular flexibility index (Phi) is 7.38. The third-order valence-electron chi connectivity index (χ3n) is 2.79. The molecule has 0 aliphatic carbocycles. The second-order valence-corrected chi connectivity index (χ2v) is 5.63. The molecule has 0 spiro atoms. The van der Waals surface area contributed by atoms with Gasteiger partial charge in [0.25, 0.3) is 11.6 Å². The number of nitrogens with zero attached hydrogens (tertiary/aromatic N) is 1. The molecule has 0 aromatic heterocycles. The molecule has 0 aliphatic rings. The highest BCUT2D eigenvalue weighted by atomic mass is 32.2. The van der Waals surface area contributed by atoms with Crippen LogP contribution in [0.1, 0.15) is 20.3 Å². The molecule has 1 amide bonds. The molecule has 1 N–H and O–H groups in total. The number of ether oxygens (including phenoxy) is 1. The van der Waals surface area contributed by atoms with Crippen LogP contribution in [0, 0.1) is 10.1 Å². The van der Waals surface area contributed by atoms with Gasteiger partial charge in [-0.2, -0.15) is 0 Å². The van der Waals surface area contributed by atoms with Crippen molar-refractivity contribution in [1.29, 1.82) is 0 Å². The standard InChI is InChI=1S/C14H18N2O5S/c1-3-10(2)15-13(17)8-21-14(18)9-22-12-6-4-11(5-7-12)16(19)20/h4-7,10H,3,8-9H2,1-2H3,(H,15,17)/t10-/m1/s1. The van der Waals surface area contributed by atoms with E-state index in [2.05, 4.69) is 5.32 Å². The summed E-state index contributed by atoms with van der Waals surface area (Å²) in [4.78, 5) is 33.7. The normalized spacial score (nSPS) is 11.5. The van der Waals surface area contributed by atoms with E-state index >= 15 is 0 Å². The van der Waals surface area contributed by atoms with Gasteiger partial charge < -0.3 is 10.1 Å². The number of carbonyl (C=O) groups is 2. The highest BCUT2D eigenvalue weighted by Gasteiger charge is 2.10. The fourth-order valence-corrected chi connectivity index (χ4v) is 2.11. The zero-order chi connectivity index (χ0) is 16.5. The molecule has 1 rings (SSSR count). The van der Waals surface area contributed by atoms with E-state index in [4.69, 9.17) is 4.74 Å². The van der Waals surface area contributed by atoms with Crippen molar-refractivity contribution in [3.8, 4) is 0 Å². The highest BCUT2D eigenvalue weighted by Crippen LogP contribution is 2.21. The first-order valence-corrected chi connectivity index (χ1v) is 7.73. The molecule has 7 nitrogen and oxygen atoms in total. The van der Waals surface area contributed by atoms with Crippen molar-refractivity contribution in [3.63, 3.8) is 0 Å². The van der Waals surface area contributed by atoms with Crippen LogP contribution in [0.4, 0.5) is 5.69 Å². The molecule has 0 saturated heterocycles. The second-order valence-electron chi connectivity index (χ2n) is 4.58. The number of hydrogen-bond donors (Lipinski definition) is 1. The molecule has 0 aliphatic heterocycles. The number of rotatable bonds is 8. The summed E-state index contributed by atoms with van der Waals surface area (Å²) in [6, 6.07) is 5.90. The molecule has 0 bridgehead atoms. The van der Waals surface area contributed by atoms with E-state index in [0.29, 0.717) is 4.90 Å². The molecule has 120 valence electrons.